The van der Waals surface area contributed by atoms with E-state index in [1.54, 1.807) is 18.7 Å². The molecular formula is C11H20N2O3. The molecule has 92 valence electrons. The summed E-state index contributed by atoms with van der Waals surface area (Å²) in [6.45, 7) is 4.56. The monoisotopic (exact) mass is 228 g/mol. The van der Waals surface area contributed by atoms with Crippen molar-refractivity contribution in [2.75, 3.05) is 13.1 Å². The standard InChI is InChI=1S/C11H20N2O3/c1-7(8(2)12)10(14)13-5-3-4-9(6-13)11(15)16/h7-9H,3-6,12H2,1-2H3,(H,15,16). The van der Waals surface area contributed by atoms with Crippen LogP contribution in [-0.2, 0) is 9.59 Å². The molecule has 0 bridgehead atoms. The van der Waals surface area contributed by atoms with Crippen molar-refractivity contribution < 1.29 is 14.7 Å². The van der Waals surface area contributed by atoms with E-state index in [1.807, 2.05) is 0 Å². The fraction of sp³-hybridized carbons (Fsp3) is 0.818. The number of nitrogens with two attached hydrogens (primary N) is 1. The first kappa shape index (κ1) is 13.0. The van der Waals surface area contributed by atoms with Crippen LogP contribution in [-0.4, -0.2) is 41.0 Å². The molecule has 0 aromatic heterocycles. The third-order valence-corrected chi connectivity index (χ3v) is 3.26. The zero-order chi connectivity index (χ0) is 12.3. The molecule has 0 saturated carbocycles. The van der Waals surface area contributed by atoms with Crippen molar-refractivity contribution in [1.82, 2.24) is 4.90 Å². The lowest BCUT2D eigenvalue weighted by molar-refractivity contribution is -0.146. The maximum Gasteiger partial charge on any atom is 0.308 e. The minimum Gasteiger partial charge on any atom is -0.481 e. The van der Waals surface area contributed by atoms with E-state index in [9.17, 15) is 9.59 Å². The summed E-state index contributed by atoms with van der Waals surface area (Å²) in [7, 11) is 0. The molecule has 0 spiro atoms. The van der Waals surface area contributed by atoms with Crippen LogP contribution in [0.15, 0.2) is 0 Å². The van der Waals surface area contributed by atoms with Gasteiger partial charge in [-0.05, 0) is 19.8 Å². The Hall–Kier alpha value is -1.10. The van der Waals surface area contributed by atoms with Gasteiger partial charge < -0.3 is 15.7 Å². The second-order valence-electron chi connectivity index (χ2n) is 4.61. The number of carbonyl (C=O) groups is 2. The zero-order valence-electron chi connectivity index (χ0n) is 9.85. The van der Waals surface area contributed by atoms with Crippen molar-refractivity contribution >= 4 is 11.9 Å². The fourth-order valence-corrected chi connectivity index (χ4v) is 1.89. The van der Waals surface area contributed by atoms with Gasteiger partial charge in [-0.3, -0.25) is 9.59 Å². The van der Waals surface area contributed by atoms with Crippen molar-refractivity contribution in [2.24, 2.45) is 17.6 Å². The van der Waals surface area contributed by atoms with E-state index in [2.05, 4.69) is 0 Å². The van der Waals surface area contributed by atoms with Gasteiger partial charge in [-0.25, -0.2) is 0 Å². The summed E-state index contributed by atoms with van der Waals surface area (Å²) in [5.41, 5.74) is 5.67. The van der Waals surface area contributed by atoms with Gasteiger partial charge in [-0.1, -0.05) is 6.92 Å². The SMILES string of the molecule is CC(N)C(C)C(=O)N1CCCC(C(=O)O)C1. The lowest BCUT2D eigenvalue weighted by atomic mass is 9.95. The molecule has 1 amide bonds. The molecule has 1 aliphatic heterocycles. The topological polar surface area (TPSA) is 83.6 Å². The second-order valence-corrected chi connectivity index (χ2v) is 4.61. The molecule has 1 heterocycles. The minimum atomic E-state index is -0.814. The van der Waals surface area contributed by atoms with Gasteiger partial charge in [0.25, 0.3) is 0 Å². The quantitative estimate of drug-likeness (QED) is 0.727. The molecule has 1 fully saturated rings. The lowest BCUT2D eigenvalue weighted by Crippen LogP contribution is -2.47. The van der Waals surface area contributed by atoms with Gasteiger partial charge in [0.2, 0.25) is 5.91 Å². The molecule has 3 N–H and O–H groups in total. The molecule has 0 aromatic carbocycles. The first-order valence-corrected chi connectivity index (χ1v) is 5.70. The van der Waals surface area contributed by atoms with Crippen LogP contribution in [0.1, 0.15) is 26.7 Å². The average molecular weight is 228 g/mol. The third kappa shape index (κ3) is 2.95. The molecule has 3 unspecified atom stereocenters. The second kappa shape index (κ2) is 5.30. The van der Waals surface area contributed by atoms with Crippen molar-refractivity contribution in [1.29, 1.82) is 0 Å². The number of hydrogen-bond acceptors (Lipinski definition) is 3. The first-order chi connectivity index (χ1) is 7.43. The summed E-state index contributed by atoms with van der Waals surface area (Å²) in [4.78, 5) is 24.5. The Morgan fingerprint density at radius 3 is 2.56 bits per heavy atom. The van der Waals surface area contributed by atoms with Crippen molar-refractivity contribution in [2.45, 2.75) is 32.7 Å². The predicted molar refractivity (Wildman–Crippen MR) is 59.8 cm³/mol. The highest BCUT2D eigenvalue weighted by molar-refractivity contribution is 5.80. The molecule has 0 radical (unpaired) electrons. The summed E-state index contributed by atoms with van der Waals surface area (Å²) in [5, 5.41) is 8.92. The zero-order valence-corrected chi connectivity index (χ0v) is 9.85. The number of rotatable bonds is 3. The summed E-state index contributed by atoms with van der Waals surface area (Å²) in [6.07, 6.45) is 1.42. The molecular weight excluding hydrogens is 208 g/mol. The Balaban J connectivity index is 2.60. The Bertz CT molecular complexity index is 278. The van der Waals surface area contributed by atoms with Gasteiger partial charge in [0.05, 0.1) is 11.8 Å². The number of aliphatic carboxylic acids is 1. The Morgan fingerprint density at radius 2 is 2.06 bits per heavy atom. The molecule has 0 aromatic rings. The van der Waals surface area contributed by atoms with Crippen molar-refractivity contribution in [3.8, 4) is 0 Å². The van der Waals surface area contributed by atoms with Crippen LogP contribution in [0.5, 0.6) is 0 Å². The highest BCUT2D eigenvalue weighted by Gasteiger charge is 2.30. The molecule has 0 aliphatic carbocycles. The van der Waals surface area contributed by atoms with E-state index >= 15 is 0 Å². The Kier molecular flexibility index (Phi) is 4.29. The van der Waals surface area contributed by atoms with Crippen LogP contribution in [0.2, 0.25) is 0 Å². The molecule has 16 heavy (non-hydrogen) atoms. The number of nitrogens with zero attached hydrogens (tertiary/aromatic N) is 1. The van der Waals surface area contributed by atoms with E-state index in [-0.39, 0.29) is 17.9 Å². The van der Waals surface area contributed by atoms with E-state index in [0.29, 0.717) is 19.5 Å². The van der Waals surface area contributed by atoms with Gasteiger partial charge in [-0.15, -0.1) is 0 Å². The number of likely N-dealkylation sites (tertiary alicyclic amines) is 1. The highest BCUT2D eigenvalue weighted by atomic mass is 16.4. The number of amides is 1. The van der Waals surface area contributed by atoms with Crippen LogP contribution in [0, 0.1) is 11.8 Å². The summed E-state index contributed by atoms with van der Waals surface area (Å²) < 4.78 is 0. The minimum absolute atomic E-state index is 0.0269. The van der Waals surface area contributed by atoms with Crippen LogP contribution in [0.25, 0.3) is 0 Å². The van der Waals surface area contributed by atoms with E-state index in [1.165, 1.54) is 0 Å². The maximum absolute atomic E-state index is 12.0. The van der Waals surface area contributed by atoms with Gasteiger partial charge in [0.1, 0.15) is 0 Å². The van der Waals surface area contributed by atoms with Gasteiger partial charge >= 0.3 is 5.97 Å². The maximum atomic E-state index is 12.0. The Labute approximate surface area is 95.6 Å². The lowest BCUT2D eigenvalue weighted by Gasteiger charge is -2.33. The average Bonchev–Trinajstić information content (AvgIpc) is 2.27. The third-order valence-electron chi connectivity index (χ3n) is 3.26. The molecule has 1 saturated heterocycles. The predicted octanol–water partition coefficient (Wildman–Crippen LogP) is 0.293. The van der Waals surface area contributed by atoms with Crippen LogP contribution in [0.4, 0.5) is 0 Å². The summed E-state index contributed by atoms with van der Waals surface area (Å²) >= 11 is 0. The van der Waals surface area contributed by atoms with Crippen molar-refractivity contribution in [3.05, 3.63) is 0 Å². The molecule has 3 atom stereocenters. The van der Waals surface area contributed by atoms with Gasteiger partial charge in [0, 0.05) is 19.1 Å². The van der Waals surface area contributed by atoms with Crippen LogP contribution in [0.3, 0.4) is 0 Å². The number of carboxylic acid groups (broad SMARTS) is 1. The van der Waals surface area contributed by atoms with E-state index in [0.717, 1.165) is 6.42 Å². The molecule has 1 aliphatic rings. The smallest absolute Gasteiger partial charge is 0.308 e. The molecule has 5 nitrogen and oxygen atoms in total. The summed E-state index contributed by atoms with van der Waals surface area (Å²) in [6, 6.07) is -0.197. The molecule has 5 heteroatoms. The number of hydrogen-bond donors (Lipinski definition) is 2. The molecule has 1 rings (SSSR count). The Morgan fingerprint density at radius 1 is 1.44 bits per heavy atom. The van der Waals surface area contributed by atoms with E-state index < -0.39 is 11.9 Å². The summed E-state index contributed by atoms with van der Waals surface area (Å²) in [5.74, 6) is -1.50. The number of carbonyl (C=O) groups excluding carboxylic acids is 1. The van der Waals surface area contributed by atoms with Gasteiger partial charge in [0.15, 0.2) is 0 Å². The largest absolute Gasteiger partial charge is 0.481 e. The van der Waals surface area contributed by atoms with E-state index in [4.69, 9.17) is 10.8 Å². The first-order valence-electron chi connectivity index (χ1n) is 5.70. The van der Waals surface area contributed by atoms with Gasteiger partial charge in [-0.2, -0.15) is 0 Å². The fourth-order valence-electron chi connectivity index (χ4n) is 1.89. The number of piperidine rings is 1. The van der Waals surface area contributed by atoms with Crippen LogP contribution < -0.4 is 5.73 Å². The van der Waals surface area contributed by atoms with Crippen LogP contribution >= 0.6 is 0 Å². The van der Waals surface area contributed by atoms with Crippen molar-refractivity contribution in [3.63, 3.8) is 0 Å². The highest BCUT2D eigenvalue weighted by Crippen LogP contribution is 2.19. The number of carboxylic acids is 1. The normalized spacial score (nSPS) is 24.9.